The number of nitrogens with zero attached hydrogens (tertiary/aromatic N) is 1. The average Bonchev–Trinajstić information content (AvgIpc) is 2.64. The SMILES string of the molecule is CC1(C)OB(/C=C/c2ncccc2C(N)CN)OC1(C)C. The molecule has 0 amide bonds. The highest BCUT2D eigenvalue weighted by molar-refractivity contribution is 6.52. The average molecular weight is 289 g/mol. The Morgan fingerprint density at radius 1 is 1.29 bits per heavy atom. The van der Waals surface area contributed by atoms with Gasteiger partial charge in [-0.15, -0.1) is 0 Å². The second-order valence-corrected chi connectivity index (χ2v) is 6.30. The van der Waals surface area contributed by atoms with Gasteiger partial charge in [-0.25, -0.2) is 0 Å². The van der Waals surface area contributed by atoms with Crippen LogP contribution in [0.2, 0.25) is 0 Å². The predicted molar refractivity (Wildman–Crippen MR) is 85.3 cm³/mol. The van der Waals surface area contributed by atoms with Crippen LogP contribution in [0, 0.1) is 0 Å². The Bertz CT molecular complexity index is 515. The van der Waals surface area contributed by atoms with Gasteiger partial charge in [-0.05, 0) is 45.4 Å². The van der Waals surface area contributed by atoms with Crippen LogP contribution in [-0.4, -0.2) is 29.8 Å². The first-order chi connectivity index (χ1) is 9.77. The first-order valence-corrected chi connectivity index (χ1v) is 7.21. The summed E-state index contributed by atoms with van der Waals surface area (Å²) in [5, 5.41) is 0. The van der Waals surface area contributed by atoms with E-state index in [9.17, 15) is 0 Å². The molecule has 114 valence electrons. The van der Waals surface area contributed by atoms with Gasteiger partial charge in [0.05, 0.1) is 16.9 Å². The molecule has 0 aromatic carbocycles. The molecule has 1 aromatic heterocycles. The molecule has 21 heavy (non-hydrogen) atoms. The van der Waals surface area contributed by atoms with Crippen molar-refractivity contribution in [2.24, 2.45) is 11.5 Å². The molecule has 1 saturated heterocycles. The van der Waals surface area contributed by atoms with E-state index in [1.165, 1.54) is 0 Å². The van der Waals surface area contributed by atoms with Crippen LogP contribution in [0.25, 0.3) is 6.08 Å². The number of hydrogen-bond donors (Lipinski definition) is 2. The Morgan fingerprint density at radius 2 is 1.90 bits per heavy atom. The number of rotatable bonds is 4. The number of pyridine rings is 1. The van der Waals surface area contributed by atoms with Crippen LogP contribution in [0.15, 0.2) is 24.3 Å². The van der Waals surface area contributed by atoms with Crippen molar-refractivity contribution in [2.75, 3.05) is 6.54 Å². The van der Waals surface area contributed by atoms with Crippen LogP contribution in [0.4, 0.5) is 0 Å². The molecule has 0 saturated carbocycles. The van der Waals surface area contributed by atoms with E-state index in [-0.39, 0.29) is 24.4 Å². The summed E-state index contributed by atoms with van der Waals surface area (Å²) in [5.74, 6) is 1.87. The van der Waals surface area contributed by atoms with Gasteiger partial charge >= 0.3 is 7.12 Å². The van der Waals surface area contributed by atoms with Crippen molar-refractivity contribution in [3.63, 3.8) is 0 Å². The second kappa shape index (κ2) is 5.89. The Kier molecular flexibility index (Phi) is 4.53. The summed E-state index contributed by atoms with van der Waals surface area (Å²) < 4.78 is 11.8. The molecule has 1 atom stereocenters. The Balaban J connectivity index is 2.17. The summed E-state index contributed by atoms with van der Waals surface area (Å²) in [6, 6.07) is 3.57. The molecule has 6 heteroatoms. The minimum Gasteiger partial charge on any atom is -0.400 e. The van der Waals surface area contributed by atoms with Gasteiger partial charge in [0.15, 0.2) is 0 Å². The summed E-state index contributed by atoms with van der Waals surface area (Å²) in [7, 11) is -0.390. The molecular weight excluding hydrogens is 265 g/mol. The molecule has 1 aliphatic rings. The predicted octanol–water partition coefficient (Wildman–Crippen LogP) is 1.68. The van der Waals surface area contributed by atoms with Gasteiger partial charge in [-0.3, -0.25) is 4.98 Å². The highest BCUT2D eigenvalue weighted by Gasteiger charge is 2.50. The molecule has 1 fully saturated rings. The van der Waals surface area contributed by atoms with Gasteiger partial charge in [0.2, 0.25) is 0 Å². The fourth-order valence-corrected chi connectivity index (χ4v) is 2.15. The Hall–Kier alpha value is -1.21. The highest BCUT2D eigenvalue weighted by Crippen LogP contribution is 2.37. The van der Waals surface area contributed by atoms with E-state index >= 15 is 0 Å². The molecule has 5 nitrogen and oxygen atoms in total. The first kappa shape index (κ1) is 16.2. The van der Waals surface area contributed by atoms with Crippen molar-refractivity contribution in [2.45, 2.75) is 44.9 Å². The molecule has 0 aliphatic carbocycles. The molecule has 0 radical (unpaired) electrons. The molecule has 0 spiro atoms. The van der Waals surface area contributed by atoms with E-state index < -0.39 is 0 Å². The molecule has 2 rings (SSSR count). The standard InChI is InChI=1S/C15H24BN3O2/c1-14(2)15(3,4)21-16(20-14)8-7-13-11(12(18)10-17)6-5-9-19-13/h5-9,12H,10,17-18H2,1-4H3/b8-7+. The number of hydrogen-bond acceptors (Lipinski definition) is 5. The second-order valence-electron chi connectivity index (χ2n) is 6.30. The lowest BCUT2D eigenvalue weighted by atomic mass is 9.89. The fraction of sp³-hybridized carbons (Fsp3) is 0.533. The lowest BCUT2D eigenvalue weighted by Gasteiger charge is -2.32. The van der Waals surface area contributed by atoms with Crippen molar-refractivity contribution in [1.82, 2.24) is 4.98 Å². The maximum Gasteiger partial charge on any atom is 0.487 e. The largest absolute Gasteiger partial charge is 0.487 e. The minimum atomic E-state index is -0.390. The van der Waals surface area contributed by atoms with Gasteiger partial charge in [-0.2, -0.15) is 0 Å². The molecule has 1 unspecified atom stereocenters. The summed E-state index contributed by atoms with van der Waals surface area (Å²) in [6.07, 6.45) is 3.61. The van der Waals surface area contributed by atoms with E-state index in [2.05, 4.69) is 4.98 Å². The van der Waals surface area contributed by atoms with E-state index in [0.29, 0.717) is 6.54 Å². The van der Waals surface area contributed by atoms with Crippen molar-refractivity contribution >= 4 is 13.2 Å². The van der Waals surface area contributed by atoms with E-state index in [1.54, 1.807) is 6.20 Å². The summed E-state index contributed by atoms with van der Waals surface area (Å²) in [4.78, 5) is 4.35. The number of aromatic nitrogens is 1. The van der Waals surface area contributed by atoms with E-state index in [4.69, 9.17) is 20.8 Å². The monoisotopic (exact) mass is 289 g/mol. The molecule has 0 bridgehead atoms. The summed E-state index contributed by atoms with van der Waals surface area (Å²) in [6.45, 7) is 8.48. The molecular formula is C15H24BN3O2. The van der Waals surface area contributed by atoms with Crippen LogP contribution in [0.1, 0.15) is 45.0 Å². The van der Waals surface area contributed by atoms with Gasteiger partial charge in [0.25, 0.3) is 0 Å². The van der Waals surface area contributed by atoms with Crippen molar-refractivity contribution in [3.8, 4) is 0 Å². The molecule has 4 N–H and O–H groups in total. The smallest absolute Gasteiger partial charge is 0.400 e. The maximum absolute atomic E-state index is 6.00. The van der Waals surface area contributed by atoms with Gasteiger partial charge in [0.1, 0.15) is 0 Å². The first-order valence-electron chi connectivity index (χ1n) is 7.21. The lowest BCUT2D eigenvalue weighted by Crippen LogP contribution is -2.41. The third-order valence-corrected chi connectivity index (χ3v) is 4.21. The zero-order valence-electron chi connectivity index (χ0n) is 13.2. The van der Waals surface area contributed by atoms with Crippen molar-refractivity contribution in [1.29, 1.82) is 0 Å². The summed E-state index contributed by atoms with van der Waals surface area (Å²) >= 11 is 0. The van der Waals surface area contributed by atoms with Crippen molar-refractivity contribution in [3.05, 3.63) is 35.6 Å². The van der Waals surface area contributed by atoms with Gasteiger partial charge in [0, 0.05) is 18.8 Å². The number of nitrogens with two attached hydrogens (primary N) is 2. The zero-order valence-corrected chi connectivity index (χ0v) is 13.2. The summed E-state index contributed by atoms with van der Waals surface area (Å²) in [5.41, 5.74) is 12.7. The fourth-order valence-electron chi connectivity index (χ4n) is 2.15. The maximum atomic E-state index is 6.00. The molecule has 1 aliphatic heterocycles. The normalized spacial score (nSPS) is 21.9. The minimum absolute atomic E-state index is 0.225. The topological polar surface area (TPSA) is 83.4 Å². The Labute approximate surface area is 126 Å². The Morgan fingerprint density at radius 3 is 2.48 bits per heavy atom. The van der Waals surface area contributed by atoms with Crippen LogP contribution in [0.3, 0.4) is 0 Å². The molecule has 2 heterocycles. The van der Waals surface area contributed by atoms with Crippen LogP contribution in [-0.2, 0) is 9.31 Å². The van der Waals surface area contributed by atoms with Crippen LogP contribution < -0.4 is 11.5 Å². The van der Waals surface area contributed by atoms with E-state index in [1.807, 2.05) is 51.9 Å². The van der Waals surface area contributed by atoms with Crippen LogP contribution >= 0.6 is 0 Å². The van der Waals surface area contributed by atoms with Crippen molar-refractivity contribution < 1.29 is 9.31 Å². The molecule has 1 aromatic rings. The third kappa shape index (κ3) is 3.35. The zero-order chi connectivity index (χ0) is 15.7. The van der Waals surface area contributed by atoms with Crippen LogP contribution in [0.5, 0.6) is 0 Å². The van der Waals surface area contributed by atoms with Gasteiger partial charge < -0.3 is 20.8 Å². The lowest BCUT2D eigenvalue weighted by molar-refractivity contribution is 0.00578. The third-order valence-electron chi connectivity index (χ3n) is 4.21. The quantitative estimate of drug-likeness (QED) is 0.824. The van der Waals surface area contributed by atoms with Gasteiger partial charge in [-0.1, -0.05) is 12.0 Å². The highest BCUT2D eigenvalue weighted by atomic mass is 16.7. The van der Waals surface area contributed by atoms with E-state index in [0.717, 1.165) is 11.3 Å².